The molecule has 0 atom stereocenters. The number of carbonyl (C=O) groups is 1. The Morgan fingerprint density at radius 2 is 1.64 bits per heavy atom. The molecule has 0 radical (unpaired) electrons. The van der Waals surface area contributed by atoms with E-state index in [2.05, 4.69) is 5.16 Å². The predicted octanol–water partition coefficient (Wildman–Crippen LogP) is 2.96. The number of nitrogens with zero attached hydrogens (tertiary/aromatic N) is 1. The molecule has 0 heterocycles. The maximum Gasteiger partial charge on any atom is 0.339 e. The van der Waals surface area contributed by atoms with Gasteiger partial charge in [-0.25, -0.2) is 4.79 Å². The lowest BCUT2D eigenvalue weighted by Crippen LogP contribution is -2.17. The summed E-state index contributed by atoms with van der Waals surface area (Å²) >= 11 is 5.80. The number of hydrogen-bond acceptors (Lipinski definition) is 5. The molecule has 25 heavy (non-hydrogen) atoms. The highest BCUT2D eigenvalue weighted by Crippen LogP contribution is 2.27. The van der Waals surface area contributed by atoms with Gasteiger partial charge in [0, 0.05) is 11.4 Å². The second-order valence-electron chi connectivity index (χ2n) is 5.22. The first-order chi connectivity index (χ1) is 12.0. The third-order valence-electron chi connectivity index (χ3n) is 3.36. The third kappa shape index (κ3) is 5.69. The molecule has 0 spiro atoms. The number of ether oxygens (including phenoxy) is 2. The Morgan fingerprint density at radius 1 is 1.00 bits per heavy atom. The summed E-state index contributed by atoms with van der Waals surface area (Å²) in [6, 6.07) is 12.3. The predicted molar refractivity (Wildman–Crippen MR) is 96.1 cm³/mol. The van der Waals surface area contributed by atoms with Crippen molar-refractivity contribution in [1.82, 2.24) is 0 Å². The number of methoxy groups -OCH3 is 2. The minimum absolute atomic E-state index is 0.0876. The van der Waals surface area contributed by atoms with Gasteiger partial charge in [-0.1, -0.05) is 35.0 Å². The molecule has 2 aromatic rings. The first-order valence-corrected chi connectivity index (χ1v) is 7.87. The zero-order chi connectivity index (χ0) is 18.2. The number of rotatable bonds is 7. The average Bonchev–Trinajstić information content (AvgIpc) is 2.62. The van der Waals surface area contributed by atoms with Gasteiger partial charge < -0.3 is 20.0 Å². The zero-order valence-corrected chi connectivity index (χ0v) is 14.7. The molecule has 2 N–H and O–H groups in total. The molecular weight excluding hydrogens is 344 g/mol. The van der Waals surface area contributed by atoms with Crippen LogP contribution in [0.4, 0.5) is 0 Å². The molecule has 0 amide bonds. The van der Waals surface area contributed by atoms with Crippen LogP contribution in [0.5, 0.6) is 11.5 Å². The molecule has 132 valence electrons. The van der Waals surface area contributed by atoms with E-state index < -0.39 is 5.97 Å². The van der Waals surface area contributed by atoms with Crippen molar-refractivity contribution in [2.75, 3.05) is 14.2 Å². The van der Waals surface area contributed by atoms with Crippen molar-refractivity contribution in [3.8, 4) is 11.5 Å². The summed E-state index contributed by atoms with van der Waals surface area (Å²) in [5.74, 6) is 0.887. The number of halogens is 1. The zero-order valence-electron chi connectivity index (χ0n) is 14.0. The molecule has 0 saturated heterocycles. The van der Waals surface area contributed by atoms with Crippen molar-refractivity contribution in [3.63, 3.8) is 0 Å². The first-order valence-electron chi connectivity index (χ1n) is 7.49. The average molecular weight is 363 g/mol. The largest absolute Gasteiger partial charge is 0.493 e. The van der Waals surface area contributed by atoms with E-state index in [1.807, 2.05) is 6.07 Å². The van der Waals surface area contributed by atoms with Gasteiger partial charge in [0.2, 0.25) is 0 Å². The van der Waals surface area contributed by atoms with Gasteiger partial charge in [0.25, 0.3) is 0 Å². The highest BCUT2D eigenvalue weighted by molar-refractivity contribution is 6.30. The van der Waals surface area contributed by atoms with Gasteiger partial charge in [0.15, 0.2) is 11.5 Å². The van der Waals surface area contributed by atoms with Crippen LogP contribution in [0.3, 0.4) is 0 Å². The number of carbonyl (C=O) groups excluding carboxylic acids is 1. The fourth-order valence-corrected chi connectivity index (χ4v) is 2.27. The molecule has 0 unspecified atom stereocenters. The summed E-state index contributed by atoms with van der Waals surface area (Å²) in [4.78, 5) is 16.6. The lowest BCUT2D eigenvalue weighted by Gasteiger charge is -2.09. The lowest BCUT2D eigenvalue weighted by atomic mass is 10.1. The Labute approximate surface area is 151 Å². The Morgan fingerprint density at radius 3 is 2.28 bits per heavy atom. The van der Waals surface area contributed by atoms with E-state index in [4.69, 9.17) is 31.6 Å². The third-order valence-corrected chi connectivity index (χ3v) is 3.61. The Hall–Kier alpha value is -2.73. The van der Waals surface area contributed by atoms with Crippen LogP contribution >= 0.6 is 11.6 Å². The van der Waals surface area contributed by atoms with Gasteiger partial charge in [-0.3, -0.25) is 0 Å². The molecule has 0 saturated carbocycles. The second kappa shape index (κ2) is 8.94. The molecule has 7 heteroatoms. The SMILES string of the molecule is COc1ccc(C/C(N)=N/OC(=O)Cc2ccc(Cl)cc2)cc1OC. The maximum atomic E-state index is 11.8. The van der Waals surface area contributed by atoms with Crippen LogP contribution in [0.15, 0.2) is 47.6 Å². The number of hydrogen-bond donors (Lipinski definition) is 1. The summed E-state index contributed by atoms with van der Waals surface area (Å²) in [5.41, 5.74) is 7.45. The van der Waals surface area contributed by atoms with E-state index in [0.29, 0.717) is 22.9 Å². The minimum atomic E-state index is -0.502. The van der Waals surface area contributed by atoms with Crippen LogP contribution < -0.4 is 15.2 Å². The number of amidine groups is 1. The topological polar surface area (TPSA) is 83.1 Å². The van der Waals surface area contributed by atoms with Crippen molar-refractivity contribution in [2.45, 2.75) is 12.8 Å². The van der Waals surface area contributed by atoms with Gasteiger partial charge in [0.1, 0.15) is 5.84 Å². The van der Waals surface area contributed by atoms with Crippen LogP contribution in [0.1, 0.15) is 11.1 Å². The summed E-state index contributed by atoms with van der Waals surface area (Å²) in [5, 5.41) is 4.28. The summed E-state index contributed by atoms with van der Waals surface area (Å²) < 4.78 is 10.4. The molecule has 0 aliphatic heterocycles. The molecule has 2 rings (SSSR count). The fourth-order valence-electron chi connectivity index (χ4n) is 2.14. The highest BCUT2D eigenvalue weighted by atomic mass is 35.5. The number of oxime groups is 1. The van der Waals surface area contributed by atoms with E-state index >= 15 is 0 Å². The number of nitrogens with two attached hydrogens (primary N) is 1. The van der Waals surface area contributed by atoms with E-state index in [1.165, 1.54) is 0 Å². The number of benzene rings is 2. The normalized spacial score (nSPS) is 11.1. The van der Waals surface area contributed by atoms with Crippen LogP contribution in [0.2, 0.25) is 5.02 Å². The Kier molecular flexibility index (Phi) is 6.65. The van der Waals surface area contributed by atoms with Crippen LogP contribution in [-0.2, 0) is 22.5 Å². The quantitative estimate of drug-likeness (QED) is 0.354. The van der Waals surface area contributed by atoms with Crippen LogP contribution in [0.25, 0.3) is 0 Å². The smallest absolute Gasteiger partial charge is 0.339 e. The van der Waals surface area contributed by atoms with Gasteiger partial charge in [-0.2, -0.15) is 0 Å². The van der Waals surface area contributed by atoms with Crippen molar-refractivity contribution in [2.24, 2.45) is 10.9 Å². The molecule has 0 aliphatic rings. The van der Waals surface area contributed by atoms with Crippen molar-refractivity contribution in [3.05, 3.63) is 58.6 Å². The lowest BCUT2D eigenvalue weighted by molar-refractivity contribution is -0.142. The van der Waals surface area contributed by atoms with E-state index in [-0.39, 0.29) is 12.3 Å². The maximum absolute atomic E-state index is 11.8. The highest BCUT2D eigenvalue weighted by Gasteiger charge is 2.08. The molecule has 0 bridgehead atoms. The van der Waals surface area contributed by atoms with Crippen molar-refractivity contribution in [1.29, 1.82) is 0 Å². The van der Waals surface area contributed by atoms with Gasteiger partial charge >= 0.3 is 5.97 Å². The molecule has 0 fully saturated rings. The molecular formula is C18H19ClN2O4. The Bertz CT molecular complexity index is 760. The Balaban J connectivity index is 1.92. The monoisotopic (exact) mass is 362 g/mol. The standard InChI is InChI=1S/C18H19ClN2O4/c1-23-15-8-5-13(9-16(15)24-2)10-17(20)21-25-18(22)11-12-3-6-14(19)7-4-12/h3-9H,10-11H2,1-2H3,(H2,20,21). The van der Waals surface area contributed by atoms with E-state index in [9.17, 15) is 4.79 Å². The van der Waals surface area contributed by atoms with Crippen molar-refractivity contribution < 1.29 is 19.1 Å². The first kappa shape index (κ1) is 18.6. The molecule has 6 nitrogen and oxygen atoms in total. The molecule has 0 aliphatic carbocycles. The minimum Gasteiger partial charge on any atom is -0.493 e. The molecule has 0 aromatic heterocycles. The van der Waals surface area contributed by atoms with E-state index in [1.54, 1.807) is 50.6 Å². The van der Waals surface area contributed by atoms with Gasteiger partial charge in [-0.05, 0) is 35.4 Å². The van der Waals surface area contributed by atoms with Gasteiger partial charge in [0.05, 0.1) is 20.6 Å². The molecule has 2 aromatic carbocycles. The summed E-state index contributed by atoms with van der Waals surface area (Å²) in [7, 11) is 3.12. The fraction of sp³-hybridized carbons (Fsp3) is 0.222. The summed E-state index contributed by atoms with van der Waals surface area (Å²) in [6.45, 7) is 0. The van der Waals surface area contributed by atoms with Gasteiger partial charge in [-0.15, -0.1) is 0 Å². The second-order valence-corrected chi connectivity index (χ2v) is 5.65. The van der Waals surface area contributed by atoms with Crippen LogP contribution in [0, 0.1) is 0 Å². The van der Waals surface area contributed by atoms with Crippen LogP contribution in [-0.4, -0.2) is 26.0 Å². The summed E-state index contributed by atoms with van der Waals surface area (Å²) in [6.07, 6.45) is 0.402. The van der Waals surface area contributed by atoms with Crippen molar-refractivity contribution >= 4 is 23.4 Å². The van der Waals surface area contributed by atoms with E-state index in [0.717, 1.165) is 11.1 Å².